The molecule has 1 heterocycles. The summed E-state index contributed by atoms with van der Waals surface area (Å²) in [6, 6.07) is 9.91. The Morgan fingerprint density at radius 2 is 1.91 bits per heavy atom. The van der Waals surface area contributed by atoms with Gasteiger partial charge in [-0.1, -0.05) is 18.2 Å². The lowest BCUT2D eigenvalue weighted by Gasteiger charge is -2.19. The smallest absolute Gasteiger partial charge is 0.273 e. The number of rotatable bonds is 4. The highest BCUT2D eigenvalue weighted by Crippen LogP contribution is 2.37. The van der Waals surface area contributed by atoms with Gasteiger partial charge in [-0.15, -0.1) is 11.8 Å². The number of thioether (sulfide) groups is 1. The summed E-state index contributed by atoms with van der Waals surface area (Å²) in [6.45, 7) is 3.33. The van der Waals surface area contributed by atoms with Crippen LogP contribution in [0.3, 0.4) is 0 Å². The molecule has 0 spiro atoms. The topological polar surface area (TPSA) is 34.9 Å². The molecule has 0 fully saturated rings. The Morgan fingerprint density at radius 1 is 1.27 bits per heavy atom. The average molecular weight is 328 g/mol. The van der Waals surface area contributed by atoms with Gasteiger partial charge in [0, 0.05) is 17.0 Å². The number of aryl methyl sites for hydroxylation is 2. The molecule has 3 nitrogen and oxygen atoms in total. The molecule has 22 heavy (non-hydrogen) atoms. The van der Waals surface area contributed by atoms with E-state index in [2.05, 4.69) is 5.10 Å². The van der Waals surface area contributed by atoms with Crippen molar-refractivity contribution < 1.29 is 18.0 Å². The minimum Gasteiger partial charge on any atom is -0.273 e. The first kappa shape index (κ1) is 16.6. The number of nitrogens with zero attached hydrogens (tertiary/aromatic N) is 2. The molecule has 2 aromatic rings. The second kappa shape index (κ2) is 6.56. The Bertz CT molecular complexity index is 653. The molecule has 0 aliphatic heterocycles. The van der Waals surface area contributed by atoms with Gasteiger partial charge in [0.05, 0.1) is 5.69 Å². The van der Waals surface area contributed by atoms with Crippen molar-refractivity contribution in [1.82, 2.24) is 9.78 Å². The lowest BCUT2D eigenvalue weighted by atomic mass is 10.3. The van der Waals surface area contributed by atoms with Gasteiger partial charge in [0.2, 0.25) is 5.91 Å². The van der Waals surface area contributed by atoms with Crippen LogP contribution in [-0.4, -0.2) is 27.1 Å². The molecule has 0 bridgehead atoms. The highest BCUT2D eigenvalue weighted by atomic mass is 32.2. The summed E-state index contributed by atoms with van der Waals surface area (Å²) in [4.78, 5) is 12.6. The van der Waals surface area contributed by atoms with E-state index in [4.69, 9.17) is 0 Å². The number of aromatic nitrogens is 2. The molecule has 7 heteroatoms. The van der Waals surface area contributed by atoms with Crippen LogP contribution in [0.4, 0.5) is 13.2 Å². The number of benzene rings is 1. The second-order valence-electron chi connectivity index (χ2n) is 4.90. The van der Waals surface area contributed by atoms with Gasteiger partial charge in [0.15, 0.2) is 0 Å². The molecule has 0 amide bonds. The molecule has 0 saturated heterocycles. The molecule has 0 N–H and O–H groups in total. The van der Waals surface area contributed by atoms with Crippen LogP contribution in [0.5, 0.6) is 0 Å². The third kappa shape index (κ3) is 4.13. The van der Waals surface area contributed by atoms with Gasteiger partial charge in [0.1, 0.15) is 5.25 Å². The Balaban J connectivity index is 2.17. The molecule has 0 unspecified atom stereocenters. The van der Waals surface area contributed by atoms with Gasteiger partial charge < -0.3 is 0 Å². The summed E-state index contributed by atoms with van der Waals surface area (Å²) in [5, 5.41) is 2.14. The molecule has 1 aromatic carbocycles. The van der Waals surface area contributed by atoms with Crippen molar-refractivity contribution in [3.05, 3.63) is 47.8 Å². The van der Waals surface area contributed by atoms with Gasteiger partial charge >= 0.3 is 6.18 Å². The first-order valence-corrected chi connectivity index (χ1v) is 7.50. The standard InChI is InChI=1S/C15H15F3N2OS/c1-10-8-11(2)20(19-10)14(21)9-13(15(16,17)18)22-12-6-4-3-5-7-12/h3-8,13H,9H2,1-2H3/t13-/m1/s1. The number of halogens is 3. The quantitative estimate of drug-likeness (QED) is 0.787. The Kier molecular flexibility index (Phi) is 4.95. The molecule has 0 radical (unpaired) electrons. The highest BCUT2D eigenvalue weighted by molar-refractivity contribution is 8.00. The molecule has 0 aliphatic carbocycles. The fourth-order valence-electron chi connectivity index (χ4n) is 2.01. The monoisotopic (exact) mass is 328 g/mol. The van der Waals surface area contributed by atoms with E-state index in [1.54, 1.807) is 50.2 Å². The predicted octanol–water partition coefficient (Wildman–Crippen LogP) is 4.25. The van der Waals surface area contributed by atoms with Crippen LogP contribution < -0.4 is 0 Å². The summed E-state index contributed by atoms with van der Waals surface area (Å²) in [7, 11) is 0. The highest BCUT2D eigenvalue weighted by Gasteiger charge is 2.42. The maximum atomic E-state index is 13.2. The number of hydrogen-bond donors (Lipinski definition) is 0. The van der Waals surface area contributed by atoms with E-state index in [0.717, 1.165) is 4.68 Å². The van der Waals surface area contributed by atoms with E-state index < -0.39 is 23.8 Å². The first-order valence-electron chi connectivity index (χ1n) is 6.62. The zero-order valence-electron chi connectivity index (χ0n) is 12.1. The van der Waals surface area contributed by atoms with Crippen LogP contribution in [0.1, 0.15) is 22.6 Å². The number of hydrogen-bond acceptors (Lipinski definition) is 3. The van der Waals surface area contributed by atoms with Gasteiger partial charge in [0.25, 0.3) is 0 Å². The van der Waals surface area contributed by atoms with Crippen molar-refractivity contribution in [2.24, 2.45) is 0 Å². The predicted molar refractivity (Wildman–Crippen MR) is 79.1 cm³/mol. The van der Waals surface area contributed by atoms with Crippen molar-refractivity contribution in [2.75, 3.05) is 0 Å². The van der Waals surface area contributed by atoms with E-state index in [1.165, 1.54) is 0 Å². The minimum absolute atomic E-state index is 0.478. The lowest BCUT2D eigenvalue weighted by Crippen LogP contribution is -2.30. The van der Waals surface area contributed by atoms with E-state index in [0.29, 0.717) is 28.0 Å². The van der Waals surface area contributed by atoms with Gasteiger partial charge in [-0.3, -0.25) is 4.79 Å². The van der Waals surface area contributed by atoms with Crippen LogP contribution in [0.15, 0.2) is 41.3 Å². The lowest BCUT2D eigenvalue weighted by molar-refractivity contribution is -0.128. The largest absolute Gasteiger partial charge is 0.401 e. The summed E-state index contributed by atoms with van der Waals surface area (Å²) in [5.41, 5.74) is 1.14. The Morgan fingerprint density at radius 3 is 2.41 bits per heavy atom. The maximum Gasteiger partial charge on any atom is 0.401 e. The van der Waals surface area contributed by atoms with Crippen LogP contribution in [0.25, 0.3) is 0 Å². The van der Waals surface area contributed by atoms with Crippen LogP contribution in [-0.2, 0) is 0 Å². The zero-order valence-corrected chi connectivity index (χ0v) is 12.9. The Labute approximate surface area is 130 Å². The number of alkyl halides is 3. The van der Waals surface area contributed by atoms with Crippen LogP contribution >= 0.6 is 11.8 Å². The Hall–Kier alpha value is -1.76. The van der Waals surface area contributed by atoms with Crippen LogP contribution in [0, 0.1) is 13.8 Å². The molecular formula is C15H15F3N2OS. The van der Waals surface area contributed by atoms with Gasteiger partial charge in [-0.2, -0.15) is 18.3 Å². The minimum atomic E-state index is -4.47. The van der Waals surface area contributed by atoms with Gasteiger partial charge in [-0.25, -0.2) is 4.68 Å². The normalized spacial score (nSPS) is 13.1. The molecule has 0 saturated carbocycles. The van der Waals surface area contributed by atoms with E-state index in [9.17, 15) is 18.0 Å². The van der Waals surface area contributed by atoms with Crippen molar-refractivity contribution in [3.8, 4) is 0 Å². The number of carbonyl (C=O) groups excluding carboxylic acids is 1. The van der Waals surface area contributed by atoms with Crippen molar-refractivity contribution in [3.63, 3.8) is 0 Å². The van der Waals surface area contributed by atoms with Gasteiger partial charge in [-0.05, 0) is 32.0 Å². The summed E-state index contributed by atoms with van der Waals surface area (Å²) >= 11 is 0.644. The fourth-order valence-corrected chi connectivity index (χ4v) is 3.02. The molecule has 2 rings (SSSR count). The fraction of sp³-hybridized carbons (Fsp3) is 0.333. The molecule has 0 aliphatic rings. The van der Waals surface area contributed by atoms with Crippen LogP contribution in [0.2, 0.25) is 0 Å². The average Bonchev–Trinajstić information content (AvgIpc) is 2.77. The summed E-state index contributed by atoms with van der Waals surface area (Å²) in [6.07, 6.45) is -5.11. The van der Waals surface area contributed by atoms with Crippen molar-refractivity contribution >= 4 is 17.7 Å². The molecule has 1 aromatic heterocycles. The zero-order chi connectivity index (χ0) is 16.3. The SMILES string of the molecule is Cc1cc(C)n(C(=O)C[C@@H](Sc2ccccc2)C(F)(F)F)n1. The molecule has 1 atom stereocenters. The summed E-state index contributed by atoms with van der Waals surface area (Å²) < 4.78 is 40.6. The maximum absolute atomic E-state index is 13.2. The number of carbonyl (C=O) groups is 1. The second-order valence-corrected chi connectivity index (χ2v) is 6.17. The first-order chi connectivity index (χ1) is 10.3. The summed E-state index contributed by atoms with van der Waals surface area (Å²) in [5.74, 6) is -0.656. The van der Waals surface area contributed by atoms with E-state index in [1.807, 2.05) is 0 Å². The van der Waals surface area contributed by atoms with Crippen molar-refractivity contribution in [2.45, 2.75) is 36.6 Å². The van der Waals surface area contributed by atoms with E-state index >= 15 is 0 Å². The van der Waals surface area contributed by atoms with E-state index in [-0.39, 0.29) is 0 Å². The third-order valence-electron chi connectivity index (χ3n) is 2.99. The van der Waals surface area contributed by atoms with Crippen molar-refractivity contribution in [1.29, 1.82) is 0 Å². The molecule has 118 valence electrons. The third-order valence-corrected chi connectivity index (χ3v) is 4.26. The molecular weight excluding hydrogens is 313 g/mol.